The number of benzene rings is 1. The molecule has 4 rings (SSSR count). The van der Waals surface area contributed by atoms with E-state index in [2.05, 4.69) is 20.2 Å². The Morgan fingerprint density at radius 3 is 2.76 bits per heavy atom. The number of nitrogens with one attached hydrogen (secondary N) is 1. The van der Waals surface area contributed by atoms with Crippen LogP contribution in [0, 0.1) is 5.82 Å². The van der Waals surface area contributed by atoms with E-state index in [0.717, 1.165) is 36.0 Å². The molecule has 2 aromatic heterocycles. The summed E-state index contributed by atoms with van der Waals surface area (Å²) in [6.45, 7) is 2.01. The van der Waals surface area contributed by atoms with Gasteiger partial charge in [0.15, 0.2) is 11.6 Å². The van der Waals surface area contributed by atoms with Crippen molar-refractivity contribution in [1.82, 2.24) is 9.97 Å². The number of carbonyl (C=O) groups excluding carboxylic acids is 1. The van der Waals surface area contributed by atoms with Crippen LogP contribution in [0.3, 0.4) is 0 Å². The van der Waals surface area contributed by atoms with E-state index in [1.165, 1.54) is 30.6 Å². The molecule has 0 spiro atoms. The van der Waals surface area contributed by atoms with Crippen molar-refractivity contribution in [3.05, 3.63) is 53.4 Å². The van der Waals surface area contributed by atoms with E-state index in [9.17, 15) is 9.18 Å². The first-order valence-corrected chi connectivity index (χ1v) is 11.1. The summed E-state index contributed by atoms with van der Waals surface area (Å²) in [4.78, 5) is 23.7. The van der Waals surface area contributed by atoms with Gasteiger partial charge in [-0.15, -0.1) is 11.3 Å². The second-order valence-electron chi connectivity index (χ2n) is 6.35. The normalized spacial score (nSPS) is 13.9. The lowest BCUT2D eigenvalue weighted by molar-refractivity contribution is 0.102. The average molecular weight is 431 g/mol. The maximum absolute atomic E-state index is 13.8. The molecule has 3 aromatic rings. The number of methoxy groups -OCH3 is 1. The zero-order valence-corrected chi connectivity index (χ0v) is 17.4. The number of hydrogen-bond acceptors (Lipinski definition) is 7. The van der Waals surface area contributed by atoms with E-state index in [1.54, 1.807) is 17.6 Å². The molecular weight excluding hydrogens is 411 g/mol. The van der Waals surface area contributed by atoms with Gasteiger partial charge in [0, 0.05) is 53.5 Å². The Hall–Kier alpha value is -2.65. The number of thiazole rings is 1. The fourth-order valence-corrected chi connectivity index (χ4v) is 4.64. The maximum atomic E-state index is 13.8. The van der Waals surface area contributed by atoms with Gasteiger partial charge in [-0.2, -0.15) is 11.8 Å². The lowest BCUT2D eigenvalue weighted by Gasteiger charge is -2.27. The Morgan fingerprint density at radius 1 is 1.24 bits per heavy atom. The highest BCUT2D eigenvalue weighted by molar-refractivity contribution is 7.99. The quantitative estimate of drug-likeness (QED) is 0.656. The Balaban J connectivity index is 1.44. The Morgan fingerprint density at radius 2 is 2.07 bits per heavy atom. The zero-order chi connectivity index (χ0) is 20.2. The first-order chi connectivity index (χ1) is 14.1. The van der Waals surface area contributed by atoms with E-state index in [1.807, 2.05) is 23.9 Å². The number of aromatic nitrogens is 2. The number of nitrogens with zero attached hydrogens (tertiary/aromatic N) is 3. The second-order valence-corrected chi connectivity index (χ2v) is 8.43. The molecule has 0 bridgehead atoms. The van der Waals surface area contributed by atoms with Gasteiger partial charge in [0.1, 0.15) is 16.5 Å². The number of halogens is 1. The first kappa shape index (κ1) is 19.7. The summed E-state index contributed by atoms with van der Waals surface area (Å²) in [6, 6.07) is 8.22. The number of anilines is 2. The lowest BCUT2D eigenvalue weighted by atomic mass is 10.2. The molecule has 150 valence electrons. The molecule has 1 aliphatic rings. The largest absolute Gasteiger partial charge is 0.494 e. The van der Waals surface area contributed by atoms with Crippen LogP contribution in [-0.2, 0) is 0 Å². The van der Waals surface area contributed by atoms with Crippen molar-refractivity contribution in [2.24, 2.45) is 0 Å². The van der Waals surface area contributed by atoms with Crippen molar-refractivity contribution in [3.8, 4) is 16.3 Å². The number of carbonyl (C=O) groups is 1. The van der Waals surface area contributed by atoms with Gasteiger partial charge in [0.25, 0.3) is 5.91 Å². The van der Waals surface area contributed by atoms with Crippen molar-refractivity contribution < 1.29 is 13.9 Å². The number of amides is 1. The van der Waals surface area contributed by atoms with E-state index in [4.69, 9.17) is 4.74 Å². The third-order valence-corrected chi connectivity index (χ3v) is 6.31. The zero-order valence-electron chi connectivity index (χ0n) is 15.7. The summed E-state index contributed by atoms with van der Waals surface area (Å²) in [5.41, 5.74) is 1.48. The highest BCUT2D eigenvalue weighted by atomic mass is 32.2. The molecule has 1 saturated heterocycles. The molecule has 0 unspecified atom stereocenters. The van der Waals surface area contributed by atoms with Crippen LogP contribution in [-0.4, -0.2) is 47.6 Å². The van der Waals surface area contributed by atoms with Crippen molar-refractivity contribution in [2.75, 3.05) is 41.9 Å². The van der Waals surface area contributed by atoms with Crippen molar-refractivity contribution >= 4 is 40.5 Å². The summed E-state index contributed by atoms with van der Waals surface area (Å²) in [6.07, 6.45) is 1.79. The number of rotatable bonds is 5. The Labute approximate surface area is 176 Å². The summed E-state index contributed by atoms with van der Waals surface area (Å²) in [7, 11) is 1.39. The monoisotopic (exact) mass is 430 g/mol. The third kappa shape index (κ3) is 4.51. The topological polar surface area (TPSA) is 67.3 Å². The molecule has 1 N–H and O–H groups in total. The maximum Gasteiger partial charge on any atom is 0.275 e. The van der Waals surface area contributed by atoms with E-state index in [-0.39, 0.29) is 11.4 Å². The number of hydrogen-bond donors (Lipinski definition) is 1. The molecule has 1 fully saturated rings. The molecule has 9 heteroatoms. The minimum atomic E-state index is -0.539. The summed E-state index contributed by atoms with van der Waals surface area (Å²) in [5.74, 6) is 2.39. The van der Waals surface area contributed by atoms with E-state index >= 15 is 0 Å². The molecule has 1 aromatic carbocycles. The number of thioether (sulfide) groups is 1. The van der Waals surface area contributed by atoms with Crippen LogP contribution < -0.4 is 15.0 Å². The molecule has 1 aliphatic heterocycles. The van der Waals surface area contributed by atoms with Crippen molar-refractivity contribution in [1.29, 1.82) is 0 Å². The predicted molar refractivity (Wildman–Crippen MR) is 116 cm³/mol. The van der Waals surface area contributed by atoms with Gasteiger partial charge in [-0.3, -0.25) is 4.79 Å². The van der Waals surface area contributed by atoms with Gasteiger partial charge in [-0.1, -0.05) is 0 Å². The molecule has 1 amide bonds. The fourth-order valence-electron chi connectivity index (χ4n) is 2.94. The van der Waals surface area contributed by atoms with Crippen LogP contribution in [0.2, 0.25) is 0 Å². The summed E-state index contributed by atoms with van der Waals surface area (Å²) < 4.78 is 18.7. The highest BCUT2D eigenvalue weighted by Crippen LogP contribution is 2.26. The van der Waals surface area contributed by atoms with Gasteiger partial charge in [-0.05, 0) is 24.3 Å². The first-order valence-electron chi connectivity index (χ1n) is 9.03. The van der Waals surface area contributed by atoms with Crippen LogP contribution in [0.15, 0.2) is 41.9 Å². The molecule has 0 saturated carbocycles. The smallest absolute Gasteiger partial charge is 0.275 e. The molecule has 29 heavy (non-hydrogen) atoms. The average Bonchev–Trinajstić information content (AvgIpc) is 3.25. The standard InChI is InChI=1S/C20H19FN4O2S2/c1-27-17-4-3-14(10-15(17)21)23-19(26)16-12-29-20(24-16)13-2-5-18(22-11-13)25-6-8-28-9-7-25/h2-5,10-12H,6-9H2,1H3,(H,23,26). The van der Waals surface area contributed by atoms with Gasteiger partial charge in [-0.25, -0.2) is 14.4 Å². The molecule has 0 aliphatic carbocycles. The van der Waals surface area contributed by atoms with Gasteiger partial charge >= 0.3 is 0 Å². The highest BCUT2D eigenvalue weighted by Gasteiger charge is 2.15. The van der Waals surface area contributed by atoms with E-state index in [0.29, 0.717) is 10.7 Å². The van der Waals surface area contributed by atoms with Crippen molar-refractivity contribution in [3.63, 3.8) is 0 Å². The molecule has 6 nitrogen and oxygen atoms in total. The van der Waals surface area contributed by atoms with Crippen molar-refractivity contribution in [2.45, 2.75) is 0 Å². The van der Waals surface area contributed by atoms with Crippen LogP contribution in [0.5, 0.6) is 5.75 Å². The molecular formula is C20H19FN4O2S2. The van der Waals surface area contributed by atoms with Crippen LogP contribution in [0.4, 0.5) is 15.9 Å². The Kier molecular flexibility index (Phi) is 5.96. The molecule has 0 atom stereocenters. The number of pyridine rings is 1. The predicted octanol–water partition coefficient (Wildman–Crippen LogP) is 4.16. The van der Waals surface area contributed by atoms with Crippen LogP contribution in [0.25, 0.3) is 10.6 Å². The van der Waals surface area contributed by atoms with Crippen LogP contribution in [0.1, 0.15) is 10.5 Å². The SMILES string of the molecule is COc1ccc(NC(=O)c2csc(-c3ccc(N4CCSCC4)nc3)n2)cc1F. The summed E-state index contributed by atoms with van der Waals surface area (Å²) in [5, 5.41) is 5.05. The third-order valence-electron chi connectivity index (χ3n) is 4.48. The van der Waals surface area contributed by atoms with Gasteiger partial charge in [0.2, 0.25) is 0 Å². The molecule has 3 heterocycles. The van der Waals surface area contributed by atoms with Gasteiger partial charge < -0.3 is 15.0 Å². The van der Waals surface area contributed by atoms with Crippen LogP contribution >= 0.6 is 23.1 Å². The lowest BCUT2D eigenvalue weighted by Crippen LogP contribution is -2.32. The Bertz CT molecular complexity index is 1000. The fraction of sp³-hybridized carbons (Fsp3) is 0.250. The number of ether oxygens (including phenoxy) is 1. The minimum Gasteiger partial charge on any atom is -0.494 e. The van der Waals surface area contributed by atoms with Gasteiger partial charge in [0.05, 0.1) is 7.11 Å². The molecule has 0 radical (unpaired) electrons. The minimum absolute atomic E-state index is 0.123. The van der Waals surface area contributed by atoms with E-state index < -0.39 is 11.7 Å². The summed E-state index contributed by atoms with van der Waals surface area (Å²) >= 11 is 3.33. The second kappa shape index (κ2) is 8.79.